The van der Waals surface area contributed by atoms with Crippen molar-refractivity contribution < 1.29 is 14.7 Å². The summed E-state index contributed by atoms with van der Waals surface area (Å²) in [6.45, 7) is 6.42. The largest absolute Gasteiger partial charge is 0.508 e. The van der Waals surface area contributed by atoms with Crippen LogP contribution in [0.3, 0.4) is 0 Å². The van der Waals surface area contributed by atoms with E-state index in [0.29, 0.717) is 30.9 Å². The van der Waals surface area contributed by atoms with Gasteiger partial charge in [0.1, 0.15) is 5.75 Å². The average Bonchev–Trinajstić information content (AvgIpc) is 2.89. The van der Waals surface area contributed by atoms with Gasteiger partial charge in [-0.25, -0.2) is 0 Å². The minimum atomic E-state index is -0.963. The van der Waals surface area contributed by atoms with E-state index in [2.05, 4.69) is 29.8 Å². The van der Waals surface area contributed by atoms with Crippen molar-refractivity contribution in [1.29, 1.82) is 0 Å². The molecule has 0 spiro atoms. The van der Waals surface area contributed by atoms with E-state index in [1.807, 2.05) is 46.2 Å². The predicted molar refractivity (Wildman–Crippen MR) is 147 cm³/mol. The molecule has 2 unspecified atom stereocenters. The van der Waals surface area contributed by atoms with Crippen molar-refractivity contribution in [1.82, 2.24) is 9.80 Å². The van der Waals surface area contributed by atoms with Crippen LogP contribution in [0.4, 0.5) is 0 Å². The fourth-order valence-electron chi connectivity index (χ4n) is 6.18. The molecule has 2 aromatic rings. The van der Waals surface area contributed by atoms with Gasteiger partial charge in [0, 0.05) is 36.1 Å². The van der Waals surface area contributed by atoms with Crippen molar-refractivity contribution in [3.05, 3.63) is 64.1 Å². The topological polar surface area (TPSA) is 60.9 Å². The molecule has 2 aromatic carbocycles. The summed E-state index contributed by atoms with van der Waals surface area (Å²) < 4.78 is 0.820. The molecule has 194 valence electrons. The van der Waals surface area contributed by atoms with Crippen LogP contribution in [-0.4, -0.2) is 46.4 Å². The van der Waals surface area contributed by atoms with Crippen molar-refractivity contribution in [2.24, 2.45) is 5.92 Å². The summed E-state index contributed by atoms with van der Waals surface area (Å²) in [7, 11) is 0. The Bertz CT molecular complexity index is 1060. The highest BCUT2D eigenvalue weighted by Gasteiger charge is 2.56. The first-order valence-electron chi connectivity index (χ1n) is 13.5. The van der Waals surface area contributed by atoms with E-state index in [1.54, 1.807) is 12.1 Å². The minimum Gasteiger partial charge on any atom is -0.508 e. The van der Waals surface area contributed by atoms with Crippen LogP contribution in [0, 0.1) is 5.92 Å². The Morgan fingerprint density at radius 1 is 1.14 bits per heavy atom. The first-order chi connectivity index (χ1) is 17.4. The number of nitrogens with zero attached hydrogens (tertiary/aromatic N) is 2. The number of likely N-dealkylation sites (tertiary alicyclic amines) is 2. The van der Waals surface area contributed by atoms with Gasteiger partial charge in [-0.1, -0.05) is 79.4 Å². The number of phenolic OH excluding ortho intramolecular Hbond substituents is 1. The Kier molecular flexibility index (Phi) is 8.76. The highest BCUT2D eigenvalue weighted by molar-refractivity contribution is 9.10. The normalized spacial score (nSPS) is 24.7. The van der Waals surface area contributed by atoms with E-state index in [-0.39, 0.29) is 17.6 Å². The molecule has 2 heterocycles. The molecule has 0 bridgehead atoms. The van der Waals surface area contributed by atoms with Gasteiger partial charge in [-0.05, 0) is 55.4 Å². The third-order valence-electron chi connectivity index (χ3n) is 7.98. The first kappa shape index (κ1) is 26.7. The second kappa shape index (κ2) is 11.8. The van der Waals surface area contributed by atoms with Gasteiger partial charge < -0.3 is 14.9 Å². The van der Waals surface area contributed by atoms with Crippen molar-refractivity contribution in [2.75, 3.05) is 19.6 Å². The lowest BCUT2D eigenvalue weighted by atomic mass is 9.64. The Labute approximate surface area is 224 Å². The fraction of sp³-hybridized carbons (Fsp3) is 0.533. The fourth-order valence-corrected chi connectivity index (χ4v) is 6.55. The van der Waals surface area contributed by atoms with Gasteiger partial charge in [-0.2, -0.15) is 0 Å². The standard InChI is InChI=1S/C30H39BrN2O3/c1-3-4-5-9-19-33-27(35)16-17-30(23-12-7-6-8-13-23,29(36)32-18-10-11-22(2)21-32)28(33)25-20-24(31)14-15-26(25)34/h6-8,12-15,20,22,28,34H,3-5,9-11,16-19,21H2,1-2H3/t22-,28?,30?/m1/s1. The number of halogens is 1. The van der Waals surface area contributed by atoms with E-state index in [0.717, 1.165) is 61.7 Å². The second-order valence-electron chi connectivity index (χ2n) is 10.6. The Morgan fingerprint density at radius 2 is 1.92 bits per heavy atom. The van der Waals surface area contributed by atoms with Crippen LogP contribution < -0.4 is 0 Å². The summed E-state index contributed by atoms with van der Waals surface area (Å²) in [5.41, 5.74) is 0.591. The van der Waals surface area contributed by atoms with Crippen LogP contribution in [0.1, 0.15) is 82.4 Å². The number of rotatable bonds is 8. The van der Waals surface area contributed by atoms with Crippen LogP contribution in [-0.2, 0) is 15.0 Å². The van der Waals surface area contributed by atoms with Crippen LogP contribution in [0.25, 0.3) is 0 Å². The van der Waals surface area contributed by atoms with Crippen LogP contribution >= 0.6 is 15.9 Å². The highest BCUT2D eigenvalue weighted by Crippen LogP contribution is 2.52. The molecule has 6 heteroatoms. The van der Waals surface area contributed by atoms with Crippen LogP contribution in [0.15, 0.2) is 53.0 Å². The number of phenols is 1. The zero-order valence-electron chi connectivity index (χ0n) is 21.6. The summed E-state index contributed by atoms with van der Waals surface area (Å²) in [5.74, 6) is 0.707. The quantitative estimate of drug-likeness (QED) is 0.374. The molecule has 36 heavy (non-hydrogen) atoms. The van der Waals surface area contributed by atoms with Gasteiger partial charge in [0.05, 0.1) is 11.5 Å². The molecule has 2 aliphatic rings. The van der Waals surface area contributed by atoms with Gasteiger partial charge in [0.15, 0.2) is 0 Å². The highest BCUT2D eigenvalue weighted by atomic mass is 79.9. The first-order valence-corrected chi connectivity index (χ1v) is 14.3. The lowest BCUT2D eigenvalue weighted by Gasteiger charge is -2.51. The number of piperidine rings is 2. The van der Waals surface area contributed by atoms with E-state index in [4.69, 9.17) is 0 Å². The predicted octanol–water partition coefficient (Wildman–Crippen LogP) is 6.60. The minimum absolute atomic E-state index is 0.0576. The number of amides is 2. The molecule has 0 radical (unpaired) electrons. The van der Waals surface area contributed by atoms with Gasteiger partial charge in [0.25, 0.3) is 0 Å². The maximum atomic E-state index is 14.7. The zero-order chi connectivity index (χ0) is 25.7. The second-order valence-corrected chi connectivity index (χ2v) is 11.5. The molecule has 2 saturated heterocycles. The number of unbranched alkanes of at least 4 members (excludes halogenated alkanes) is 3. The molecule has 2 amide bonds. The van der Waals surface area contributed by atoms with E-state index in [9.17, 15) is 14.7 Å². The van der Waals surface area contributed by atoms with Gasteiger partial charge in [-0.3, -0.25) is 9.59 Å². The lowest BCUT2D eigenvalue weighted by molar-refractivity contribution is -0.152. The molecule has 3 atom stereocenters. The zero-order valence-corrected chi connectivity index (χ0v) is 23.2. The average molecular weight is 556 g/mol. The summed E-state index contributed by atoms with van der Waals surface area (Å²) in [5, 5.41) is 11.1. The van der Waals surface area contributed by atoms with Crippen molar-refractivity contribution in [3.63, 3.8) is 0 Å². The smallest absolute Gasteiger partial charge is 0.235 e. The summed E-state index contributed by atoms with van der Waals surface area (Å²) in [4.78, 5) is 32.2. The maximum Gasteiger partial charge on any atom is 0.235 e. The van der Waals surface area contributed by atoms with E-state index >= 15 is 0 Å². The number of aromatic hydroxyl groups is 1. The molecule has 1 N–H and O–H groups in total. The van der Waals surface area contributed by atoms with Crippen molar-refractivity contribution in [3.8, 4) is 5.75 Å². The number of hydrogen-bond acceptors (Lipinski definition) is 3. The molecule has 5 nitrogen and oxygen atoms in total. The molecule has 0 aliphatic carbocycles. The Morgan fingerprint density at radius 3 is 2.64 bits per heavy atom. The summed E-state index contributed by atoms with van der Waals surface area (Å²) in [6.07, 6.45) is 7.01. The van der Waals surface area contributed by atoms with E-state index in [1.165, 1.54) is 0 Å². The summed E-state index contributed by atoms with van der Waals surface area (Å²) in [6, 6.07) is 14.7. The maximum absolute atomic E-state index is 14.7. The van der Waals surface area contributed by atoms with Crippen LogP contribution in [0.2, 0.25) is 0 Å². The molecule has 2 aliphatic heterocycles. The molecular formula is C30H39BrN2O3. The number of benzene rings is 2. The number of carbonyl (C=O) groups is 2. The molecule has 0 aromatic heterocycles. The third-order valence-corrected chi connectivity index (χ3v) is 8.48. The van der Waals surface area contributed by atoms with Crippen LogP contribution in [0.5, 0.6) is 5.75 Å². The number of carbonyl (C=O) groups excluding carboxylic acids is 2. The van der Waals surface area contributed by atoms with Crippen molar-refractivity contribution in [2.45, 2.75) is 76.7 Å². The molecule has 4 rings (SSSR count). The van der Waals surface area contributed by atoms with E-state index < -0.39 is 11.5 Å². The Hall–Kier alpha value is -2.34. The number of hydrogen-bond donors (Lipinski definition) is 1. The molecular weight excluding hydrogens is 516 g/mol. The SMILES string of the molecule is CCCCCCN1C(=O)CCC(C(=O)N2CCC[C@@H](C)C2)(c2ccccc2)C1c1cc(Br)ccc1O. The molecule has 2 fully saturated rings. The molecule has 0 saturated carbocycles. The Balaban J connectivity index is 1.89. The van der Waals surface area contributed by atoms with Gasteiger partial charge in [0.2, 0.25) is 11.8 Å². The van der Waals surface area contributed by atoms with Gasteiger partial charge in [-0.15, -0.1) is 0 Å². The lowest BCUT2D eigenvalue weighted by Crippen LogP contribution is -2.60. The summed E-state index contributed by atoms with van der Waals surface area (Å²) >= 11 is 3.58. The van der Waals surface area contributed by atoms with Crippen molar-refractivity contribution >= 4 is 27.7 Å². The van der Waals surface area contributed by atoms with Gasteiger partial charge >= 0.3 is 0 Å². The third kappa shape index (κ3) is 5.34. The monoisotopic (exact) mass is 554 g/mol.